The number of carbonyl (C=O) groups is 2. The highest BCUT2D eigenvalue weighted by Gasteiger charge is 2.51. The van der Waals surface area contributed by atoms with E-state index >= 15 is 0 Å². The first-order valence-corrected chi connectivity index (χ1v) is 6.12. The summed E-state index contributed by atoms with van der Waals surface area (Å²) in [5.74, 6) is -0.927. The lowest BCUT2D eigenvalue weighted by Crippen LogP contribution is -2.47. The topological polar surface area (TPSA) is 65.1 Å². The Morgan fingerprint density at radius 3 is 2.35 bits per heavy atom. The minimum Gasteiger partial charge on any atom is -0.467 e. The van der Waals surface area contributed by atoms with Crippen molar-refractivity contribution in [3.05, 3.63) is 0 Å². The Balaban J connectivity index is 2.79. The number of nitrogens with zero attached hydrogens (tertiary/aromatic N) is 1. The second-order valence-corrected chi connectivity index (χ2v) is 5.52. The number of hydrogen-bond acceptors (Lipinski definition) is 5. The second-order valence-electron chi connectivity index (χ2n) is 5.52. The van der Waals surface area contributed by atoms with Crippen molar-refractivity contribution in [3.8, 4) is 0 Å². The molecule has 1 aliphatic rings. The molecular weight excluding hydrogens is 276 g/mol. The number of esters is 1. The molecular formula is C12H19F2NO5. The molecule has 0 radical (unpaired) electrons. The molecule has 0 bridgehead atoms. The summed E-state index contributed by atoms with van der Waals surface area (Å²) in [5, 5.41) is 0. The first-order chi connectivity index (χ1) is 9.09. The molecule has 116 valence electrons. The molecule has 0 saturated carbocycles. The third-order valence-corrected chi connectivity index (χ3v) is 2.76. The standard InChI is InChI=1S/C12H19F2NO5/c1-11(2,3)20-10(17)15-6-5-12(7-15,8(16)18-4)19-9(13)14/h9H,5-7H2,1-4H3. The van der Waals surface area contributed by atoms with E-state index < -0.39 is 29.9 Å². The highest BCUT2D eigenvalue weighted by molar-refractivity contribution is 5.82. The molecule has 6 nitrogen and oxygen atoms in total. The van der Waals surface area contributed by atoms with Crippen LogP contribution in [0.2, 0.25) is 0 Å². The van der Waals surface area contributed by atoms with Gasteiger partial charge in [0.25, 0.3) is 0 Å². The Bertz CT molecular complexity index is 383. The van der Waals surface area contributed by atoms with Gasteiger partial charge in [-0.2, -0.15) is 8.78 Å². The molecule has 0 aromatic carbocycles. The lowest BCUT2D eigenvalue weighted by molar-refractivity contribution is -0.219. The predicted octanol–water partition coefficient (Wildman–Crippen LogP) is 1.78. The summed E-state index contributed by atoms with van der Waals surface area (Å²) in [6, 6.07) is 0. The van der Waals surface area contributed by atoms with Crippen LogP contribution in [0.4, 0.5) is 13.6 Å². The monoisotopic (exact) mass is 295 g/mol. The molecule has 0 N–H and O–H groups in total. The quantitative estimate of drug-likeness (QED) is 0.743. The number of amides is 1. The predicted molar refractivity (Wildman–Crippen MR) is 64.3 cm³/mol. The molecule has 1 fully saturated rings. The lowest BCUT2D eigenvalue weighted by Gasteiger charge is -2.27. The summed E-state index contributed by atoms with van der Waals surface area (Å²) in [7, 11) is 1.08. The van der Waals surface area contributed by atoms with Crippen LogP contribution in [-0.2, 0) is 19.0 Å². The Hall–Kier alpha value is -1.44. The average molecular weight is 295 g/mol. The number of carbonyl (C=O) groups excluding carboxylic acids is 2. The molecule has 1 unspecified atom stereocenters. The van der Waals surface area contributed by atoms with Gasteiger partial charge in [0.05, 0.1) is 13.7 Å². The maximum Gasteiger partial charge on any atom is 0.410 e. The second kappa shape index (κ2) is 5.90. The molecule has 0 spiro atoms. The molecule has 0 aromatic rings. The summed E-state index contributed by atoms with van der Waals surface area (Å²) < 4.78 is 38.9. The molecule has 20 heavy (non-hydrogen) atoms. The molecule has 0 aromatic heterocycles. The molecule has 0 aliphatic carbocycles. The van der Waals surface area contributed by atoms with Gasteiger partial charge in [-0.1, -0.05) is 0 Å². The van der Waals surface area contributed by atoms with E-state index in [1.165, 1.54) is 0 Å². The highest BCUT2D eigenvalue weighted by Crippen LogP contribution is 2.30. The van der Waals surface area contributed by atoms with Crippen LogP contribution >= 0.6 is 0 Å². The van der Waals surface area contributed by atoms with Crippen LogP contribution in [-0.4, -0.2) is 55.0 Å². The van der Waals surface area contributed by atoms with Gasteiger partial charge in [0.2, 0.25) is 0 Å². The van der Waals surface area contributed by atoms with Crippen molar-refractivity contribution in [2.24, 2.45) is 0 Å². The number of alkyl halides is 2. The minimum atomic E-state index is -3.13. The van der Waals surface area contributed by atoms with E-state index in [2.05, 4.69) is 9.47 Å². The third-order valence-electron chi connectivity index (χ3n) is 2.76. The minimum absolute atomic E-state index is 0.0662. The molecule has 1 atom stereocenters. The lowest BCUT2D eigenvalue weighted by atomic mass is 10.0. The van der Waals surface area contributed by atoms with Gasteiger partial charge >= 0.3 is 18.7 Å². The van der Waals surface area contributed by atoms with Crippen molar-refractivity contribution in [1.82, 2.24) is 4.90 Å². The zero-order valence-corrected chi connectivity index (χ0v) is 11.9. The van der Waals surface area contributed by atoms with Crippen LogP contribution in [0.1, 0.15) is 27.2 Å². The van der Waals surface area contributed by atoms with Crippen molar-refractivity contribution in [1.29, 1.82) is 0 Å². The van der Waals surface area contributed by atoms with Crippen molar-refractivity contribution in [3.63, 3.8) is 0 Å². The largest absolute Gasteiger partial charge is 0.467 e. The summed E-state index contributed by atoms with van der Waals surface area (Å²) in [5.41, 5.74) is -2.54. The van der Waals surface area contributed by atoms with E-state index in [4.69, 9.17) is 4.74 Å². The van der Waals surface area contributed by atoms with Gasteiger partial charge in [0.15, 0.2) is 5.60 Å². The van der Waals surface area contributed by atoms with Gasteiger partial charge in [-0.05, 0) is 20.8 Å². The maximum absolute atomic E-state index is 12.5. The highest BCUT2D eigenvalue weighted by atomic mass is 19.3. The zero-order chi connectivity index (χ0) is 15.6. The maximum atomic E-state index is 12.5. The number of hydrogen-bond donors (Lipinski definition) is 0. The SMILES string of the molecule is COC(=O)C1(OC(F)F)CCN(C(=O)OC(C)(C)C)C1. The smallest absolute Gasteiger partial charge is 0.410 e. The van der Waals surface area contributed by atoms with E-state index in [9.17, 15) is 18.4 Å². The molecule has 1 heterocycles. The number of rotatable bonds is 3. The number of likely N-dealkylation sites (tertiary alicyclic amines) is 1. The summed E-state index contributed by atoms with van der Waals surface area (Å²) in [4.78, 5) is 24.7. The van der Waals surface area contributed by atoms with Gasteiger partial charge in [-0.25, -0.2) is 9.59 Å². The van der Waals surface area contributed by atoms with Gasteiger partial charge < -0.3 is 19.1 Å². The third kappa shape index (κ3) is 4.03. The first-order valence-electron chi connectivity index (χ1n) is 6.12. The van der Waals surface area contributed by atoms with E-state index in [0.29, 0.717) is 0 Å². The summed E-state index contributed by atoms with van der Waals surface area (Å²) >= 11 is 0. The van der Waals surface area contributed by atoms with E-state index in [1.807, 2.05) is 0 Å². The number of methoxy groups -OCH3 is 1. The Labute approximate surface area is 116 Å². The fourth-order valence-electron chi connectivity index (χ4n) is 1.93. The van der Waals surface area contributed by atoms with Crippen molar-refractivity contribution in [2.45, 2.75) is 45.0 Å². The fourth-order valence-corrected chi connectivity index (χ4v) is 1.93. The number of ether oxygens (including phenoxy) is 3. The van der Waals surface area contributed by atoms with Crippen LogP contribution < -0.4 is 0 Å². The molecule has 1 rings (SSSR count). The van der Waals surface area contributed by atoms with Crippen molar-refractivity contribution >= 4 is 12.1 Å². The average Bonchev–Trinajstić information content (AvgIpc) is 2.70. The van der Waals surface area contributed by atoms with Gasteiger partial charge in [-0.3, -0.25) is 0 Å². The molecule has 8 heteroatoms. The van der Waals surface area contributed by atoms with Gasteiger partial charge in [-0.15, -0.1) is 0 Å². The Morgan fingerprint density at radius 2 is 1.90 bits per heavy atom. The molecule has 1 saturated heterocycles. The first kappa shape index (κ1) is 16.6. The fraction of sp³-hybridized carbons (Fsp3) is 0.833. The molecule has 1 aliphatic heterocycles. The summed E-state index contributed by atoms with van der Waals surface area (Å²) in [6.45, 7) is 1.68. The van der Waals surface area contributed by atoms with Crippen LogP contribution in [0.15, 0.2) is 0 Å². The van der Waals surface area contributed by atoms with Crippen LogP contribution in [0, 0.1) is 0 Å². The number of halogens is 2. The molecule has 1 amide bonds. The summed E-state index contributed by atoms with van der Waals surface area (Å²) in [6.07, 6.45) is -0.746. The Kier molecular flexibility index (Phi) is 4.90. The van der Waals surface area contributed by atoms with Crippen molar-refractivity contribution in [2.75, 3.05) is 20.2 Å². The van der Waals surface area contributed by atoms with E-state index in [0.717, 1.165) is 12.0 Å². The Morgan fingerprint density at radius 1 is 1.30 bits per heavy atom. The van der Waals surface area contributed by atoms with E-state index in [-0.39, 0.29) is 19.5 Å². The van der Waals surface area contributed by atoms with Gasteiger partial charge in [0, 0.05) is 13.0 Å². The van der Waals surface area contributed by atoms with Crippen LogP contribution in [0.25, 0.3) is 0 Å². The van der Waals surface area contributed by atoms with Crippen LogP contribution in [0.3, 0.4) is 0 Å². The zero-order valence-electron chi connectivity index (χ0n) is 11.9. The van der Waals surface area contributed by atoms with Gasteiger partial charge in [0.1, 0.15) is 5.60 Å². The van der Waals surface area contributed by atoms with Crippen molar-refractivity contribution < 1.29 is 32.6 Å². The van der Waals surface area contributed by atoms with E-state index in [1.54, 1.807) is 20.8 Å². The van der Waals surface area contributed by atoms with Crippen LogP contribution in [0.5, 0.6) is 0 Å². The normalized spacial score (nSPS) is 23.1.